The van der Waals surface area contributed by atoms with Gasteiger partial charge in [-0.05, 0) is 13.8 Å². The van der Waals surface area contributed by atoms with E-state index in [4.69, 9.17) is 4.74 Å². The van der Waals surface area contributed by atoms with Crippen molar-refractivity contribution < 1.29 is 9.53 Å². The van der Waals surface area contributed by atoms with Gasteiger partial charge in [-0.1, -0.05) is 5.21 Å². The molecule has 66 valence electrons. The average Bonchev–Trinajstić information content (AvgIpc) is 2.33. The summed E-state index contributed by atoms with van der Waals surface area (Å²) < 4.78 is 6.32. The Kier molecular flexibility index (Phi) is 2.42. The fourth-order valence-corrected chi connectivity index (χ4v) is 0.749. The molecule has 1 aromatic rings. The largest absolute Gasteiger partial charge is 0.458 e. The molecular formula is C7H11N3O2. The molecule has 0 saturated heterocycles. The molecule has 0 aliphatic rings. The van der Waals surface area contributed by atoms with Crippen LogP contribution in [0, 0.1) is 0 Å². The summed E-state index contributed by atoms with van der Waals surface area (Å²) in [7, 11) is 1.64. The summed E-state index contributed by atoms with van der Waals surface area (Å²) in [5, 5.41) is 7.17. The van der Waals surface area contributed by atoms with E-state index in [-0.39, 0.29) is 6.10 Å². The van der Waals surface area contributed by atoms with Gasteiger partial charge < -0.3 is 4.74 Å². The summed E-state index contributed by atoms with van der Waals surface area (Å²) in [5.74, 6) is -0.391. The van der Waals surface area contributed by atoms with Crippen LogP contribution in [0.1, 0.15) is 24.3 Å². The quantitative estimate of drug-likeness (QED) is 0.600. The van der Waals surface area contributed by atoms with Crippen LogP contribution in [-0.2, 0) is 11.8 Å². The van der Waals surface area contributed by atoms with Gasteiger partial charge >= 0.3 is 5.97 Å². The predicted molar refractivity (Wildman–Crippen MR) is 41.6 cm³/mol. The summed E-state index contributed by atoms with van der Waals surface area (Å²) in [4.78, 5) is 11.2. The molecule has 0 amide bonds. The maximum Gasteiger partial charge on any atom is 0.358 e. The number of rotatable bonds is 2. The van der Waals surface area contributed by atoms with Crippen LogP contribution >= 0.6 is 0 Å². The number of hydrogen-bond acceptors (Lipinski definition) is 4. The summed E-state index contributed by atoms with van der Waals surface area (Å²) in [6.45, 7) is 3.59. The van der Waals surface area contributed by atoms with Crippen LogP contribution in [0.15, 0.2) is 6.20 Å². The Hall–Kier alpha value is -1.39. The first-order valence-corrected chi connectivity index (χ1v) is 3.67. The molecule has 0 fully saturated rings. The molecule has 1 heterocycles. The average molecular weight is 169 g/mol. The Balaban J connectivity index is 2.72. The number of carbonyl (C=O) groups excluding carboxylic acids is 1. The van der Waals surface area contributed by atoms with Crippen LogP contribution in [-0.4, -0.2) is 27.1 Å². The monoisotopic (exact) mass is 169 g/mol. The van der Waals surface area contributed by atoms with Crippen molar-refractivity contribution in [2.75, 3.05) is 0 Å². The van der Waals surface area contributed by atoms with Crippen LogP contribution in [0.4, 0.5) is 0 Å². The lowest BCUT2D eigenvalue weighted by Crippen LogP contribution is -2.15. The normalized spacial score (nSPS) is 10.3. The van der Waals surface area contributed by atoms with Crippen molar-refractivity contribution in [3.05, 3.63) is 11.9 Å². The maximum absolute atomic E-state index is 11.2. The van der Waals surface area contributed by atoms with Crippen LogP contribution in [0.5, 0.6) is 0 Å². The van der Waals surface area contributed by atoms with Crippen LogP contribution in [0.2, 0.25) is 0 Å². The third-order valence-corrected chi connectivity index (χ3v) is 1.27. The summed E-state index contributed by atoms with van der Waals surface area (Å²) in [5.41, 5.74) is 0.365. The van der Waals surface area contributed by atoms with Gasteiger partial charge in [0.25, 0.3) is 0 Å². The van der Waals surface area contributed by atoms with Crippen molar-refractivity contribution in [2.24, 2.45) is 7.05 Å². The van der Waals surface area contributed by atoms with Gasteiger partial charge in [-0.3, -0.25) is 0 Å². The van der Waals surface area contributed by atoms with Crippen molar-refractivity contribution in [3.63, 3.8) is 0 Å². The Morgan fingerprint density at radius 1 is 1.67 bits per heavy atom. The zero-order valence-electron chi connectivity index (χ0n) is 7.31. The molecule has 1 rings (SSSR count). The molecule has 0 aliphatic heterocycles. The summed E-state index contributed by atoms with van der Waals surface area (Å²) in [6.07, 6.45) is 1.26. The number of aromatic nitrogens is 3. The lowest BCUT2D eigenvalue weighted by Gasteiger charge is -2.06. The van der Waals surface area contributed by atoms with E-state index in [1.807, 2.05) is 0 Å². The molecular weight excluding hydrogens is 158 g/mol. The van der Waals surface area contributed by atoms with E-state index in [9.17, 15) is 4.79 Å². The highest BCUT2D eigenvalue weighted by atomic mass is 16.5. The third kappa shape index (κ3) is 1.81. The minimum Gasteiger partial charge on any atom is -0.458 e. The van der Waals surface area contributed by atoms with Gasteiger partial charge in [0.2, 0.25) is 0 Å². The van der Waals surface area contributed by atoms with Gasteiger partial charge in [0.15, 0.2) is 5.69 Å². The van der Waals surface area contributed by atoms with E-state index in [0.29, 0.717) is 5.69 Å². The van der Waals surface area contributed by atoms with Gasteiger partial charge in [-0.15, -0.1) is 5.10 Å². The zero-order valence-corrected chi connectivity index (χ0v) is 7.31. The Bertz CT molecular complexity index is 280. The highest BCUT2D eigenvalue weighted by Crippen LogP contribution is 1.99. The van der Waals surface area contributed by atoms with E-state index in [2.05, 4.69) is 10.3 Å². The standard InChI is InChI=1S/C7H11N3O2/c1-5(2)12-7(11)6-4-8-9-10(6)3/h4-5H,1-3H3. The molecule has 0 N–H and O–H groups in total. The molecule has 1 aromatic heterocycles. The van der Waals surface area contributed by atoms with E-state index < -0.39 is 5.97 Å². The smallest absolute Gasteiger partial charge is 0.358 e. The number of nitrogens with zero attached hydrogens (tertiary/aromatic N) is 3. The molecule has 0 aliphatic carbocycles. The molecule has 0 atom stereocenters. The molecule has 0 unspecified atom stereocenters. The first-order chi connectivity index (χ1) is 5.61. The lowest BCUT2D eigenvalue weighted by molar-refractivity contribution is 0.0365. The fourth-order valence-electron chi connectivity index (χ4n) is 0.749. The van der Waals surface area contributed by atoms with E-state index in [0.717, 1.165) is 0 Å². The molecule has 0 saturated carbocycles. The highest BCUT2D eigenvalue weighted by Gasteiger charge is 2.13. The van der Waals surface area contributed by atoms with Gasteiger partial charge in [-0.2, -0.15) is 0 Å². The van der Waals surface area contributed by atoms with E-state index in [1.54, 1.807) is 20.9 Å². The van der Waals surface area contributed by atoms with Gasteiger partial charge in [0.05, 0.1) is 12.3 Å². The van der Waals surface area contributed by atoms with Crippen molar-refractivity contribution >= 4 is 5.97 Å². The summed E-state index contributed by atoms with van der Waals surface area (Å²) in [6, 6.07) is 0. The molecule has 12 heavy (non-hydrogen) atoms. The minimum absolute atomic E-state index is 0.118. The topological polar surface area (TPSA) is 57.0 Å². The molecule has 0 radical (unpaired) electrons. The number of aryl methyl sites for hydroxylation is 1. The van der Waals surface area contributed by atoms with Gasteiger partial charge in [0.1, 0.15) is 0 Å². The third-order valence-electron chi connectivity index (χ3n) is 1.27. The van der Waals surface area contributed by atoms with Gasteiger partial charge in [0, 0.05) is 7.05 Å². The first kappa shape index (κ1) is 8.70. The molecule has 0 bridgehead atoms. The number of hydrogen-bond donors (Lipinski definition) is 0. The Labute approximate surface area is 70.3 Å². The Morgan fingerprint density at radius 2 is 2.33 bits per heavy atom. The van der Waals surface area contributed by atoms with Crippen LogP contribution in [0.3, 0.4) is 0 Å². The van der Waals surface area contributed by atoms with Crippen LogP contribution < -0.4 is 0 Å². The predicted octanol–water partition coefficient (Wildman–Crippen LogP) is 0.380. The van der Waals surface area contributed by atoms with Crippen molar-refractivity contribution in [2.45, 2.75) is 20.0 Å². The molecule has 0 spiro atoms. The second kappa shape index (κ2) is 3.34. The number of carbonyl (C=O) groups is 1. The Morgan fingerprint density at radius 3 is 2.75 bits per heavy atom. The van der Waals surface area contributed by atoms with Crippen molar-refractivity contribution in [1.29, 1.82) is 0 Å². The number of ether oxygens (including phenoxy) is 1. The van der Waals surface area contributed by atoms with Crippen molar-refractivity contribution in [1.82, 2.24) is 15.0 Å². The molecule has 5 nitrogen and oxygen atoms in total. The van der Waals surface area contributed by atoms with E-state index >= 15 is 0 Å². The fraction of sp³-hybridized carbons (Fsp3) is 0.571. The van der Waals surface area contributed by atoms with Crippen LogP contribution in [0.25, 0.3) is 0 Å². The van der Waals surface area contributed by atoms with E-state index in [1.165, 1.54) is 10.9 Å². The molecule has 5 heteroatoms. The maximum atomic E-state index is 11.2. The zero-order chi connectivity index (χ0) is 9.14. The van der Waals surface area contributed by atoms with Gasteiger partial charge in [-0.25, -0.2) is 9.48 Å². The minimum atomic E-state index is -0.391. The number of esters is 1. The summed E-state index contributed by atoms with van der Waals surface area (Å²) >= 11 is 0. The lowest BCUT2D eigenvalue weighted by atomic mass is 10.4. The molecule has 0 aromatic carbocycles. The first-order valence-electron chi connectivity index (χ1n) is 3.67. The van der Waals surface area contributed by atoms with Crippen molar-refractivity contribution in [3.8, 4) is 0 Å². The highest BCUT2D eigenvalue weighted by molar-refractivity contribution is 5.87. The second-order valence-corrected chi connectivity index (χ2v) is 2.70. The second-order valence-electron chi connectivity index (χ2n) is 2.70. The SMILES string of the molecule is CC(C)OC(=O)c1cnnn1C.